The molecule has 0 aliphatic heterocycles. The highest BCUT2D eigenvalue weighted by Gasteiger charge is 2.14. The molecule has 1 aromatic carbocycles. The number of imidazole rings is 1. The van der Waals surface area contributed by atoms with E-state index in [1.807, 2.05) is 42.8 Å². The molecule has 3 heterocycles. The SMILES string of the molecule is COc1nc(-c2cc(C)c(NC(C)c3cccc(C)c3)nn2)ccc1-n1cnc(C)c1. The summed E-state index contributed by atoms with van der Waals surface area (Å²) in [6, 6.07) is 14.4. The Kier molecular flexibility index (Phi) is 5.66. The molecule has 0 aliphatic carbocycles. The minimum atomic E-state index is 0.120. The highest BCUT2D eigenvalue weighted by atomic mass is 16.5. The molecule has 0 amide bonds. The number of pyridine rings is 1. The van der Waals surface area contributed by atoms with E-state index in [1.54, 1.807) is 13.4 Å². The fourth-order valence-electron chi connectivity index (χ4n) is 3.46. The van der Waals surface area contributed by atoms with Crippen molar-refractivity contribution in [3.8, 4) is 23.0 Å². The van der Waals surface area contributed by atoms with Crippen LogP contribution in [0.15, 0.2) is 55.0 Å². The Bertz CT molecular complexity index is 1220. The van der Waals surface area contributed by atoms with Gasteiger partial charge in [-0.25, -0.2) is 9.97 Å². The van der Waals surface area contributed by atoms with Gasteiger partial charge in [0.15, 0.2) is 5.82 Å². The van der Waals surface area contributed by atoms with Gasteiger partial charge in [0.1, 0.15) is 11.4 Å². The molecule has 7 nitrogen and oxygen atoms in total. The summed E-state index contributed by atoms with van der Waals surface area (Å²) in [5.74, 6) is 1.26. The van der Waals surface area contributed by atoms with Crippen LogP contribution in [0.1, 0.15) is 35.3 Å². The van der Waals surface area contributed by atoms with Gasteiger partial charge in [-0.1, -0.05) is 29.8 Å². The smallest absolute Gasteiger partial charge is 0.238 e. The molecule has 3 aromatic heterocycles. The summed E-state index contributed by atoms with van der Waals surface area (Å²) in [6.07, 6.45) is 3.67. The average Bonchev–Trinajstić information content (AvgIpc) is 3.20. The van der Waals surface area contributed by atoms with Crippen molar-refractivity contribution in [2.75, 3.05) is 12.4 Å². The Labute approximate surface area is 182 Å². The summed E-state index contributed by atoms with van der Waals surface area (Å²) in [5.41, 5.74) is 6.59. The van der Waals surface area contributed by atoms with Crippen molar-refractivity contribution < 1.29 is 4.74 Å². The Balaban J connectivity index is 1.59. The first kappa shape index (κ1) is 20.5. The number of nitrogens with one attached hydrogen (secondary N) is 1. The van der Waals surface area contributed by atoms with Gasteiger partial charge in [0.05, 0.1) is 30.9 Å². The van der Waals surface area contributed by atoms with Crippen molar-refractivity contribution in [1.29, 1.82) is 0 Å². The lowest BCUT2D eigenvalue weighted by atomic mass is 10.1. The van der Waals surface area contributed by atoms with E-state index in [0.717, 1.165) is 22.8 Å². The standard InChI is InChI=1S/C24H26N6O/c1-15-7-6-8-19(11-15)18(4)26-23-16(2)12-21(28-29-23)20-9-10-22(24(27-20)31-5)30-13-17(3)25-14-30/h6-14,18H,1-5H3,(H,26,29). The van der Waals surface area contributed by atoms with E-state index in [0.29, 0.717) is 17.3 Å². The minimum absolute atomic E-state index is 0.120. The van der Waals surface area contributed by atoms with Crippen LogP contribution in [-0.4, -0.2) is 31.8 Å². The van der Waals surface area contributed by atoms with Crippen LogP contribution in [0, 0.1) is 20.8 Å². The monoisotopic (exact) mass is 414 g/mol. The second-order valence-electron chi connectivity index (χ2n) is 7.69. The van der Waals surface area contributed by atoms with Crippen LogP contribution < -0.4 is 10.1 Å². The van der Waals surface area contributed by atoms with E-state index in [1.165, 1.54) is 11.1 Å². The first-order valence-electron chi connectivity index (χ1n) is 10.2. The lowest BCUT2D eigenvalue weighted by Crippen LogP contribution is -2.10. The van der Waals surface area contributed by atoms with Crippen LogP contribution in [0.4, 0.5) is 5.82 Å². The molecule has 1 N–H and O–H groups in total. The Morgan fingerprint density at radius 2 is 1.84 bits per heavy atom. The molecule has 0 fully saturated rings. The highest BCUT2D eigenvalue weighted by Crippen LogP contribution is 2.27. The fraction of sp³-hybridized carbons (Fsp3) is 0.250. The Hall–Kier alpha value is -3.74. The van der Waals surface area contributed by atoms with Crippen LogP contribution in [0.25, 0.3) is 17.1 Å². The lowest BCUT2D eigenvalue weighted by Gasteiger charge is -2.17. The molecular weight excluding hydrogens is 388 g/mol. The van der Waals surface area contributed by atoms with Crippen molar-refractivity contribution in [2.45, 2.75) is 33.7 Å². The number of ether oxygens (including phenoxy) is 1. The number of hydrogen-bond acceptors (Lipinski definition) is 6. The first-order chi connectivity index (χ1) is 14.9. The normalized spacial score (nSPS) is 11.9. The van der Waals surface area contributed by atoms with Crippen LogP contribution in [0.2, 0.25) is 0 Å². The van der Waals surface area contributed by atoms with E-state index in [9.17, 15) is 0 Å². The van der Waals surface area contributed by atoms with Gasteiger partial charge in [-0.05, 0) is 57.0 Å². The number of benzene rings is 1. The molecule has 7 heteroatoms. The molecular formula is C24H26N6O. The second-order valence-corrected chi connectivity index (χ2v) is 7.69. The number of aromatic nitrogens is 5. The third-order valence-corrected chi connectivity index (χ3v) is 5.17. The number of aryl methyl sites for hydroxylation is 3. The molecule has 0 spiro atoms. The minimum Gasteiger partial charge on any atom is -0.479 e. The summed E-state index contributed by atoms with van der Waals surface area (Å²) in [7, 11) is 1.61. The van der Waals surface area contributed by atoms with Gasteiger partial charge < -0.3 is 14.6 Å². The highest BCUT2D eigenvalue weighted by molar-refractivity contribution is 5.61. The number of rotatable bonds is 6. The van der Waals surface area contributed by atoms with Crippen LogP contribution in [-0.2, 0) is 0 Å². The molecule has 1 atom stereocenters. The predicted molar refractivity (Wildman–Crippen MR) is 122 cm³/mol. The Morgan fingerprint density at radius 3 is 2.52 bits per heavy atom. The maximum absolute atomic E-state index is 5.52. The predicted octanol–water partition coefficient (Wildman–Crippen LogP) is 4.83. The molecule has 4 rings (SSSR count). The molecule has 0 saturated heterocycles. The summed E-state index contributed by atoms with van der Waals surface area (Å²) in [6.45, 7) is 8.17. The molecule has 158 valence electrons. The van der Waals surface area contributed by atoms with Crippen molar-refractivity contribution in [1.82, 2.24) is 24.7 Å². The van der Waals surface area contributed by atoms with Crippen molar-refractivity contribution in [3.05, 3.63) is 77.4 Å². The number of hydrogen-bond donors (Lipinski definition) is 1. The molecule has 0 saturated carbocycles. The van der Waals surface area contributed by atoms with Gasteiger partial charge in [0, 0.05) is 6.20 Å². The average molecular weight is 415 g/mol. The van der Waals surface area contributed by atoms with E-state index in [-0.39, 0.29) is 6.04 Å². The maximum Gasteiger partial charge on any atom is 0.238 e. The molecule has 0 aliphatic rings. The van der Waals surface area contributed by atoms with Gasteiger partial charge >= 0.3 is 0 Å². The first-order valence-corrected chi connectivity index (χ1v) is 10.2. The van der Waals surface area contributed by atoms with E-state index in [4.69, 9.17) is 4.74 Å². The summed E-state index contributed by atoms with van der Waals surface area (Å²) in [4.78, 5) is 8.91. The molecule has 0 bridgehead atoms. The van der Waals surface area contributed by atoms with Crippen molar-refractivity contribution in [2.24, 2.45) is 0 Å². The van der Waals surface area contributed by atoms with Crippen LogP contribution in [0.3, 0.4) is 0 Å². The van der Waals surface area contributed by atoms with Crippen LogP contribution >= 0.6 is 0 Å². The van der Waals surface area contributed by atoms with Gasteiger partial charge in [-0.15, -0.1) is 10.2 Å². The third kappa shape index (κ3) is 4.40. The zero-order chi connectivity index (χ0) is 22.0. The van der Waals surface area contributed by atoms with Crippen molar-refractivity contribution in [3.63, 3.8) is 0 Å². The van der Waals surface area contributed by atoms with Crippen molar-refractivity contribution >= 4 is 5.82 Å². The number of nitrogens with zero attached hydrogens (tertiary/aromatic N) is 5. The van der Waals surface area contributed by atoms with Gasteiger partial charge in [0.25, 0.3) is 0 Å². The zero-order valence-corrected chi connectivity index (χ0v) is 18.4. The topological polar surface area (TPSA) is 77.8 Å². The van der Waals surface area contributed by atoms with Gasteiger partial charge in [-0.3, -0.25) is 0 Å². The van der Waals surface area contributed by atoms with E-state index < -0.39 is 0 Å². The molecule has 0 radical (unpaired) electrons. The molecule has 31 heavy (non-hydrogen) atoms. The van der Waals surface area contributed by atoms with E-state index >= 15 is 0 Å². The van der Waals surface area contributed by atoms with Gasteiger partial charge in [-0.2, -0.15) is 0 Å². The molecule has 1 unspecified atom stereocenters. The summed E-state index contributed by atoms with van der Waals surface area (Å²) >= 11 is 0. The fourth-order valence-corrected chi connectivity index (χ4v) is 3.46. The summed E-state index contributed by atoms with van der Waals surface area (Å²) < 4.78 is 7.41. The quantitative estimate of drug-likeness (QED) is 0.487. The maximum atomic E-state index is 5.52. The second kappa shape index (κ2) is 8.55. The lowest BCUT2D eigenvalue weighted by molar-refractivity contribution is 0.396. The van der Waals surface area contributed by atoms with Gasteiger partial charge in [0.2, 0.25) is 5.88 Å². The molecule has 4 aromatic rings. The third-order valence-electron chi connectivity index (χ3n) is 5.17. The summed E-state index contributed by atoms with van der Waals surface area (Å²) in [5, 5.41) is 12.3. The zero-order valence-electron chi connectivity index (χ0n) is 18.4. The van der Waals surface area contributed by atoms with E-state index in [2.05, 4.69) is 63.6 Å². The van der Waals surface area contributed by atoms with Crippen LogP contribution in [0.5, 0.6) is 5.88 Å². The largest absolute Gasteiger partial charge is 0.479 e. The number of methoxy groups -OCH3 is 1. The Morgan fingerprint density at radius 1 is 1.00 bits per heavy atom. The number of anilines is 1.